The minimum atomic E-state index is -5.73. The maximum absolute atomic E-state index is 9.29. The first-order valence-electron chi connectivity index (χ1n) is 19.6. The van der Waals surface area contributed by atoms with E-state index in [0.29, 0.717) is 0 Å². The van der Waals surface area contributed by atoms with E-state index in [2.05, 4.69) is 185 Å². The molecular formula is C51H48Cl2Zr. The fourth-order valence-electron chi connectivity index (χ4n) is 9.54. The zero-order valence-electron chi connectivity index (χ0n) is 31.8. The van der Waals surface area contributed by atoms with Crippen LogP contribution in [0.1, 0.15) is 91.3 Å². The summed E-state index contributed by atoms with van der Waals surface area (Å²) in [6, 6.07) is 53.3. The van der Waals surface area contributed by atoms with Crippen LogP contribution in [-0.4, -0.2) is 3.21 Å². The van der Waals surface area contributed by atoms with Gasteiger partial charge in [-0.25, -0.2) is 0 Å². The van der Waals surface area contributed by atoms with E-state index in [0.717, 1.165) is 40.0 Å². The van der Waals surface area contributed by atoms with E-state index >= 15 is 0 Å². The Labute approximate surface area is 329 Å². The molecule has 0 heterocycles. The second-order valence-corrected chi connectivity index (χ2v) is 35.9. The Morgan fingerprint density at radius 2 is 0.870 bits per heavy atom. The van der Waals surface area contributed by atoms with Gasteiger partial charge in [0, 0.05) is 0 Å². The van der Waals surface area contributed by atoms with Gasteiger partial charge in [-0.15, -0.1) is 0 Å². The van der Waals surface area contributed by atoms with Gasteiger partial charge in [0.05, 0.1) is 0 Å². The van der Waals surface area contributed by atoms with Crippen molar-refractivity contribution in [3.05, 3.63) is 201 Å². The molecule has 2 aliphatic rings. The summed E-state index contributed by atoms with van der Waals surface area (Å²) in [6.45, 7) is 8.89. The molecule has 0 saturated heterocycles. The van der Waals surface area contributed by atoms with Gasteiger partial charge in [-0.2, -0.15) is 0 Å². The molecular weight excluding hydrogens is 775 g/mol. The predicted molar refractivity (Wildman–Crippen MR) is 232 cm³/mol. The van der Waals surface area contributed by atoms with Gasteiger partial charge in [0.2, 0.25) is 0 Å². The van der Waals surface area contributed by atoms with Crippen molar-refractivity contribution < 1.29 is 15.9 Å². The molecule has 3 heteroatoms. The standard InChI is InChI=1S/2C18H17.C15H14.2ClH.Zr/c2*1-2-7-14-12-16-10-6-11-17(18(16)13-14)15-8-4-3-5-9-15;1-12-3-7-14(8-4-12)11-15-9-5-13(2)6-10-15;;;/h2*3-6,8-13H,2,7H2,1H3;3-10H,1-2H3;2*1H;/q;;;;;+2/p-2. The maximum atomic E-state index is 9.29. The Morgan fingerprint density at radius 3 is 1.24 bits per heavy atom. The SMILES string of the molecule is CCCC1=Cc2c(-c3ccccc3)cccc2[CH]1[Zr]([Cl])([Cl])(=[C](c1ccc(C)cc1)c1ccc(C)cc1)[CH]1C(CCC)=Cc2c(-c3ccccc3)cccc21. The van der Waals surface area contributed by atoms with E-state index in [-0.39, 0.29) is 7.25 Å². The van der Waals surface area contributed by atoms with Gasteiger partial charge in [0.25, 0.3) is 0 Å². The minimum absolute atomic E-state index is 0.137. The number of aryl methyl sites for hydroxylation is 2. The average Bonchev–Trinajstić information content (AvgIpc) is 3.77. The normalized spacial score (nSPS) is 16.4. The van der Waals surface area contributed by atoms with Crippen LogP contribution in [0.5, 0.6) is 0 Å². The number of hydrogen-bond acceptors (Lipinski definition) is 0. The molecule has 0 amide bonds. The third-order valence-electron chi connectivity index (χ3n) is 11.8. The summed E-state index contributed by atoms with van der Waals surface area (Å²) in [5.74, 6) is 0. The molecule has 0 nitrogen and oxygen atoms in total. The summed E-state index contributed by atoms with van der Waals surface area (Å²) >= 11 is -5.73. The molecule has 8 rings (SSSR count). The van der Waals surface area contributed by atoms with Gasteiger partial charge < -0.3 is 0 Å². The van der Waals surface area contributed by atoms with E-state index < -0.39 is 15.9 Å². The van der Waals surface area contributed by atoms with E-state index in [1.807, 2.05) is 0 Å². The fraction of sp³-hybridized carbons (Fsp3) is 0.196. The third kappa shape index (κ3) is 6.31. The van der Waals surface area contributed by atoms with Gasteiger partial charge in [-0.05, 0) is 0 Å². The molecule has 0 bridgehead atoms. The van der Waals surface area contributed by atoms with Crippen molar-refractivity contribution in [2.24, 2.45) is 0 Å². The number of hydrogen-bond donors (Lipinski definition) is 0. The number of allylic oxidation sites excluding steroid dienone is 2. The van der Waals surface area contributed by atoms with Crippen LogP contribution in [0.4, 0.5) is 0 Å². The van der Waals surface area contributed by atoms with Gasteiger partial charge in [-0.1, -0.05) is 0 Å². The Hall–Kier alpha value is -3.87. The second kappa shape index (κ2) is 15.0. The van der Waals surface area contributed by atoms with Crippen LogP contribution >= 0.6 is 17.0 Å². The van der Waals surface area contributed by atoms with Crippen molar-refractivity contribution in [1.82, 2.24) is 0 Å². The van der Waals surface area contributed by atoms with Crippen LogP contribution in [-0.2, 0) is 15.9 Å². The first kappa shape index (κ1) is 37.1. The Bertz CT molecular complexity index is 2290. The first-order chi connectivity index (χ1) is 26.2. The van der Waals surface area contributed by atoms with E-state index in [1.165, 1.54) is 66.8 Å². The molecule has 270 valence electrons. The first-order valence-corrected chi connectivity index (χ1v) is 30.0. The van der Waals surface area contributed by atoms with Gasteiger partial charge >= 0.3 is 332 Å². The molecule has 2 unspecified atom stereocenters. The molecule has 0 fully saturated rings. The monoisotopic (exact) mass is 820 g/mol. The van der Waals surface area contributed by atoms with Crippen LogP contribution in [0.3, 0.4) is 0 Å². The Balaban J connectivity index is 1.55. The summed E-state index contributed by atoms with van der Waals surface area (Å²) in [5, 5.41) is 0. The van der Waals surface area contributed by atoms with Crippen molar-refractivity contribution in [1.29, 1.82) is 0 Å². The molecule has 0 aromatic heterocycles. The molecule has 0 N–H and O–H groups in total. The molecule has 0 spiro atoms. The molecule has 0 radical (unpaired) electrons. The Kier molecular flexibility index (Phi) is 10.3. The van der Waals surface area contributed by atoms with Crippen molar-refractivity contribution in [3.8, 4) is 22.3 Å². The number of rotatable bonds is 10. The summed E-state index contributed by atoms with van der Waals surface area (Å²) in [7, 11) is 18.6. The van der Waals surface area contributed by atoms with Gasteiger partial charge in [0.1, 0.15) is 0 Å². The number of halogens is 2. The van der Waals surface area contributed by atoms with Crippen LogP contribution < -0.4 is 0 Å². The molecule has 2 aliphatic carbocycles. The number of fused-ring (bicyclic) bond motifs is 2. The van der Waals surface area contributed by atoms with E-state index in [1.54, 1.807) is 0 Å². The molecule has 6 aromatic rings. The Morgan fingerprint density at radius 1 is 0.481 bits per heavy atom. The summed E-state index contributed by atoms with van der Waals surface area (Å²) in [4.78, 5) is 0. The topological polar surface area (TPSA) is 0 Å². The zero-order valence-corrected chi connectivity index (χ0v) is 35.7. The van der Waals surface area contributed by atoms with E-state index in [9.17, 15) is 17.0 Å². The summed E-state index contributed by atoms with van der Waals surface area (Å²) in [5.41, 5.74) is 17.4. The second-order valence-electron chi connectivity index (χ2n) is 15.4. The van der Waals surface area contributed by atoms with Crippen LogP contribution in [0.15, 0.2) is 157 Å². The fourth-order valence-corrected chi connectivity index (χ4v) is 32.5. The molecule has 54 heavy (non-hydrogen) atoms. The van der Waals surface area contributed by atoms with Crippen LogP contribution in [0.25, 0.3) is 34.4 Å². The van der Waals surface area contributed by atoms with Crippen molar-refractivity contribution in [2.75, 3.05) is 0 Å². The molecule has 0 saturated carbocycles. The summed E-state index contributed by atoms with van der Waals surface area (Å²) in [6.07, 6.45) is 8.84. The summed E-state index contributed by atoms with van der Waals surface area (Å²) < 4.78 is 0.889. The number of benzene rings is 6. The van der Waals surface area contributed by atoms with Crippen LogP contribution in [0, 0.1) is 13.8 Å². The average molecular weight is 823 g/mol. The van der Waals surface area contributed by atoms with Gasteiger partial charge in [-0.3, -0.25) is 0 Å². The predicted octanol–water partition coefficient (Wildman–Crippen LogP) is 15.1. The quantitative estimate of drug-likeness (QED) is 0.129. The van der Waals surface area contributed by atoms with Crippen molar-refractivity contribution in [3.63, 3.8) is 0 Å². The zero-order chi connectivity index (χ0) is 37.5. The van der Waals surface area contributed by atoms with Crippen molar-refractivity contribution in [2.45, 2.75) is 60.6 Å². The van der Waals surface area contributed by atoms with E-state index in [4.69, 9.17) is 0 Å². The third-order valence-corrected chi connectivity index (χ3v) is 31.5. The molecule has 6 aromatic carbocycles. The molecule has 2 atom stereocenters. The van der Waals surface area contributed by atoms with Gasteiger partial charge in [0.15, 0.2) is 0 Å². The van der Waals surface area contributed by atoms with Crippen molar-refractivity contribution >= 4 is 32.4 Å². The molecule has 0 aliphatic heterocycles. The van der Waals surface area contributed by atoms with Crippen LogP contribution in [0.2, 0.25) is 0 Å².